The number of carbonyl (C=O) groups is 2. The number of anilines is 1. The average molecular weight is 470 g/mol. The number of nitrogens with zero attached hydrogens (tertiary/aromatic N) is 2. The zero-order valence-corrected chi connectivity index (χ0v) is 19.8. The third-order valence-electron chi connectivity index (χ3n) is 6.42. The van der Waals surface area contributed by atoms with Gasteiger partial charge in [-0.25, -0.2) is 12.7 Å². The van der Waals surface area contributed by atoms with E-state index in [-0.39, 0.29) is 29.8 Å². The highest BCUT2D eigenvalue weighted by Crippen LogP contribution is 2.27. The quantitative estimate of drug-likeness (QED) is 0.701. The van der Waals surface area contributed by atoms with Gasteiger partial charge in [0.1, 0.15) is 0 Å². The average Bonchev–Trinajstić information content (AvgIpc) is 2.97. The van der Waals surface area contributed by atoms with Crippen molar-refractivity contribution in [2.45, 2.75) is 45.1 Å². The lowest BCUT2D eigenvalue weighted by Crippen LogP contribution is -2.38. The first-order valence-corrected chi connectivity index (χ1v) is 13.2. The van der Waals surface area contributed by atoms with Gasteiger partial charge in [-0.2, -0.15) is 0 Å². The summed E-state index contributed by atoms with van der Waals surface area (Å²) in [7, 11) is -3.67. The van der Waals surface area contributed by atoms with E-state index in [2.05, 4.69) is 41.4 Å². The normalized spacial score (nSPS) is 19.8. The minimum atomic E-state index is -3.67. The summed E-state index contributed by atoms with van der Waals surface area (Å²) in [5.74, 6) is -0.947. The van der Waals surface area contributed by atoms with Crippen molar-refractivity contribution in [2.24, 2.45) is 0 Å². The molecule has 2 aromatic carbocycles. The van der Waals surface area contributed by atoms with Gasteiger partial charge in [-0.05, 0) is 56.6 Å². The van der Waals surface area contributed by atoms with Crippen molar-refractivity contribution in [3.8, 4) is 0 Å². The summed E-state index contributed by atoms with van der Waals surface area (Å²) in [4.78, 5) is 27.6. The molecule has 1 atom stereocenters. The highest BCUT2D eigenvalue weighted by Gasteiger charge is 2.36. The number of amides is 2. The molecule has 2 amide bonds. The Bertz CT molecular complexity index is 1110. The summed E-state index contributed by atoms with van der Waals surface area (Å²) >= 11 is 0. The number of aryl methyl sites for hydroxylation is 1. The third-order valence-corrected chi connectivity index (χ3v) is 8.11. The Morgan fingerprint density at radius 1 is 1.03 bits per heavy atom. The van der Waals surface area contributed by atoms with E-state index in [0.717, 1.165) is 30.2 Å². The zero-order chi connectivity index (χ0) is 23.4. The molecule has 0 aromatic heterocycles. The molecule has 2 aliphatic heterocycles. The fraction of sp³-hybridized carbons (Fsp3) is 0.440. The maximum absolute atomic E-state index is 13.0. The van der Waals surface area contributed by atoms with Crippen LogP contribution in [0.25, 0.3) is 0 Å². The zero-order valence-electron chi connectivity index (χ0n) is 19.0. The first-order valence-electron chi connectivity index (χ1n) is 11.6. The second-order valence-electron chi connectivity index (χ2n) is 8.86. The molecule has 0 radical (unpaired) electrons. The van der Waals surface area contributed by atoms with Gasteiger partial charge in [0.25, 0.3) is 5.91 Å². The Labute approximate surface area is 195 Å². The molecular formula is C25H31N3O4S. The molecule has 2 saturated heterocycles. The Kier molecular flexibility index (Phi) is 7.14. The molecule has 0 bridgehead atoms. The van der Waals surface area contributed by atoms with E-state index in [0.29, 0.717) is 12.1 Å². The van der Waals surface area contributed by atoms with Crippen molar-refractivity contribution in [3.05, 3.63) is 65.2 Å². The Morgan fingerprint density at radius 2 is 1.73 bits per heavy atom. The fourth-order valence-corrected chi connectivity index (χ4v) is 6.04. The van der Waals surface area contributed by atoms with Gasteiger partial charge in [-0.1, -0.05) is 48.7 Å². The highest BCUT2D eigenvalue weighted by molar-refractivity contribution is 7.94. The number of likely N-dealkylation sites (tertiary alicyclic amines) is 1. The van der Waals surface area contributed by atoms with Crippen LogP contribution in [0.5, 0.6) is 0 Å². The van der Waals surface area contributed by atoms with Gasteiger partial charge in [0.2, 0.25) is 15.9 Å². The molecular weight excluding hydrogens is 438 g/mol. The second kappa shape index (κ2) is 10.1. The van der Waals surface area contributed by atoms with Gasteiger partial charge in [0.15, 0.2) is 0 Å². The Hall–Kier alpha value is -2.71. The number of hydrogen-bond donors (Lipinski definition) is 1. The Morgan fingerprint density at radius 3 is 2.36 bits per heavy atom. The number of benzene rings is 2. The molecule has 2 fully saturated rings. The summed E-state index contributed by atoms with van der Waals surface area (Å²) < 4.78 is 25.3. The van der Waals surface area contributed by atoms with Gasteiger partial charge in [0.05, 0.1) is 17.5 Å². The largest absolute Gasteiger partial charge is 0.350 e. The van der Waals surface area contributed by atoms with Crippen molar-refractivity contribution in [1.29, 1.82) is 0 Å². The van der Waals surface area contributed by atoms with Crippen LogP contribution in [0.2, 0.25) is 0 Å². The van der Waals surface area contributed by atoms with Crippen molar-refractivity contribution < 1.29 is 18.0 Å². The molecule has 4 rings (SSSR count). The minimum Gasteiger partial charge on any atom is -0.350 e. The standard InChI is InChI=1S/C25H31N3O4S/c1-19-9-11-20(12-10-19)23(27-14-4-2-3-5-15-27)18-26-25(30)21-7-6-8-22(17-21)28-24(29)13-16-33(28,31)32/h6-12,17,23H,2-5,13-16,18H2,1H3,(H,26,30)/t23-/m1/s1. The highest BCUT2D eigenvalue weighted by atomic mass is 32.2. The molecule has 0 unspecified atom stereocenters. The van der Waals surface area contributed by atoms with Gasteiger partial charge in [-0.15, -0.1) is 0 Å². The number of hydrogen-bond acceptors (Lipinski definition) is 5. The van der Waals surface area contributed by atoms with E-state index in [9.17, 15) is 18.0 Å². The molecule has 0 saturated carbocycles. The molecule has 176 valence electrons. The number of rotatable bonds is 6. The predicted molar refractivity (Wildman–Crippen MR) is 129 cm³/mol. The molecule has 2 aromatic rings. The molecule has 1 N–H and O–H groups in total. The minimum absolute atomic E-state index is 0.0349. The van der Waals surface area contributed by atoms with Crippen LogP contribution in [-0.2, 0) is 14.8 Å². The van der Waals surface area contributed by atoms with E-state index >= 15 is 0 Å². The summed E-state index contributed by atoms with van der Waals surface area (Å²) in [5.41, 5.74) is 2.92. The lowest BCUT2D eigenvalue weighted by atomic mass is 10.0. The van der Waals surface area contributed by atoms with Crippen LogP contribution in [0.3, 0.4) is 0 Å². The van der Waals surface area contributed by atoms with Gasteiger partial charge in [0, 0.05) is 18.5 Å². The van der Waals surface area contributed by atoms with Gasteiger partial charge < -0.3 is 5.32 Å². The van der Waals surface area contributed by atoms with Crippen LogP contribution in [0.1, 0.15) is 59.6 Å². The monoisotopic (exact) mass is 469 g/mol. The topological polar surface area (TPSA) is 86.8 Å². The fourth-order valence-electron chi connectivity index (χ4n) is 4.59. The smallest absolute Gasteiger partial charge is 0.251 e. The Balaban J connectivity index is 1.51. The van der Waals surface area contributed by atoms with Crippen molar-refractivity contribution in [1.82, 2.24) is 10.2 Å². The predicted octanol–water partition coefficient (Wildman–Crippen LogP) is 3.41. The summed E-state index contributed by atoms with van der Waals surface area (Å²) in [6.07, 6.45) is 4.73. The van der Waals surface area contributed by atoms with E-state index in [1.807, 2.05) is 0 Å². The first-order chi connectivity index (χ1) is 15.8. The van der Waals surface area contributed by atoms with Crippen molar-refractivity contribution in [2.75, 3.05) is 29.7 Å². The van der Waals surface area contributed by atoms with Gasteiger partial charge in [-0.3, -0.25) is 14.5 Å². The molecule has 7 nitrogen and oxygen atoms in total. The van der Waals surface area contributed by atoms with Crippen LogP contribution in [-0.4, -0.2) is 50.5 Å². The van der Waals surface area contributed by atoms with E-state index in [4.69, 9.17) is 0 Å². The summed E-state index contributed by atoms with van der Waals surface area (Å²) in [5, 5.41) is 3.05. The maximum atomic E-state index is 13.0. The van der Waals surface area contributed by atoms with E-state index in [1.54, 1.807) is 18.2 Å². The van der Waals surface area contributed by atoms with Crippen molar-refractivity contribution >= 4 is 27.5 Å². The molecule has 0 spiro atoms. The number of sulfonamides is 1. The van der Waals surface area contributed by atoms with Crippen LogP contribution >= 0.6 is 0 Å². The SMILES string of the molecule is Cc1ccc([C@@H](CNC(=O)c2cccc(N3C(=O)CCS3(=O)=O)c2)N2CCCCCC2)cc1. The summed E-state index contributed by atoms with van der Waals surface area (Å²) in [6.45, 7) is 4.51. The molecule has 8 heteroatoms. The molecule has 2 heterocycles. The maximum Gasteiger partial charge on any atom is 0.251 e. The lowest BCUT2D eigenvalue weighted by Gasteiger charge is -2.31. The van der Waals surface area contributed by atoms with Gasteiger partial charge >= 0.3 is 0 Å². The molecule has 0 aliphatic carbocycles. The number of carbonyl (C=O) groups excluding carboxylic acids is 2. The third kappa shape index (κ3) is 5.45. The summed E-state index contributed by atoms with van der Waals surface area (Å²) in [6, 6.07) is 14.8. The number of nitrogens with one attached hydrogen (secondary N) is 1. The molecule has 33 heavy (non-hydrogen) atoms. The van der Waals surface area contributed by atoms with Crippen LogP contribution in [0.4, 0.5) is 5.69 Å². The second-order valence-corrected chi connectivity index (χ2v) is 10.8. The van der Waals surface area contributed by atoms with Crippen molar-refractivity contribution in [3.63, 3.8) is 0 Å². The van der Waals surface area contributed by atoms with E-state index < -0.39 is 15.9 Å². The first kappa shape index (κ1) is 23.4. The lowest BCUT2D eigenvalue weighted by molar-refractivity contribution is -0.116. The van der Waals surface area contributed by atoms with Crippen LogP contribution < -0.4 is 9.62 Å². The van der Waals surface area contributed by atoms with Crippen LogP contribution in [0.15, 0.2) is 48.5 Å². The van der Waals surface area contributed by atoms with Crippen LogP contribution in [0, 0.1) is 6.92 Å². The van der Waals surface area contributed by atoms with E-state index in [1.165, 1.54) is 30.0 Å². The molecule has 2 aliphatic rings.